The van der Waals surface area contributed by atoms with E-state index in [2.05, 4.69) is 0 Å². The number of ether oxygens (including phenoxy) is 1. The number of aliphatic carboxylic acids is 1. The number of esters is 1. The van der Waals surface area contributed by atoms with Crippen LogP contribution in [0.25, 0.3) is 0 Å². The maximum Gasteiger partial charge on any atom is 0.372 e. The molecule has 0 saturated carbocycles. The second kappa shape index (κ2) is 7.02. The number of nitrogens with zero attached hydrogens (tertiary/aromatic N) is 2. The molecule has 14 heteroatoms. The minimum atomic E-state index is -4.56. The molecule has 2 aliphatic rings. The van der Waals surface area contributed by atoms with Gasteiger partial charge in [-0.1, -0.05) is 23.2 Å². The van der Waals surface area contributed by atoms with Crippen LogP contribution in [0.5, 0.6) is 0 Å². The van der Waals surface area contributed by atoms with E-state index in [4.69, 9.17) is 32.8 Å². The van der Waals surface area contributed by atoms with Crippen molar-refractivity contribution in [3.05, 3.63) is 9.90 Å². The topological polar surface area (TPSA) is 148 Å². The molecule has 0 aromatic carbocycles. The van der Waals surface area contributed by atoms with Crippen molar-refractivity contribution >= 4 is 57.0 Å². The number of sulfonamides is 1. The summed E-state index contributed by atoms with van der Waals surface area (Å²) in [7, 11) is -4.56. The van der Waals surface area contributed by atoms with E-state index in [1.807, 2.05) is 0 Å². The van der Waals surface area contributed by atoms with Crippen LogP contribution in [0.4, 0.5) is 0 Å². The number of carbonyl (C=O) groups is 4. The van der Waals surface area contributed by atoms with Crippen LogP contribution >= 0.6 is 23.2 Å². The van der Waals surface area contributed by atoms with Crippen molar-refractivity contribution in [2.24, 2.45) is 0 Å². The number of hydroxylamine groups is 2. The number of amides is 2. The van der Waals surface area contributed by atoms with E-state index < -0.39 is 63.1 Å². The van der Waals surface area contributed by atoms with E-state index in [1.54, 1.807) is 0 Å². The summed E-state index contributed by atoms with van der Waals surface area (Å²) in [5.74, 6) is -4.81. The highest BCUT2D eigenvalue weighted by Crippen LogP contribution is 2.35. The molecule has 0 aromatic heterocycles. The van der Waals surface area contributed by atoms with Crippen LogP contribution in [0.2, 0.25) is 0 Å². The SMILES string of the molecule is CC(=O)N([C@H]1CON(C2(C(=O)O)CCC(=O)O2)C1=O)S(=O)(=O)C=C(Cl)Cl. The Labute approximate surface area is 157 Å². The zero-order valence-corrected chi connectivity index (χ0v) is 15.4. The normalized spacial score (nSPS) is 25.8. The van der Waals surface area contributed by atoms with Gasteiger partial charge in [0.1, 0.15) is 11.1 Å². The molecule has 1 unspecified atom stereocenters. The molecule has 2 atom stereocenters. The van der Waals surface area contributed by atoms with E-state index in [9.17, 15) is 32.7 Å². The summed E-state index contributed by atoms with van der Waals surface area (Å²) < 4.78 is 28.7. The van der Waals surface area contributed by atoms with E-state index in [0.29, 0.717) is 5.41 Å². The van der Waals surface area contributed by atoms with Gasteiger partial charge in [0, 0.05) is 13.3 Å². The summed E-state index contributed by atoms with van der Waals surface area (Å²) in [6.07, 6.45) is -0.691. The Bertz CT molecular complexity index is 808. The number of carbonyl (C=O) groups excluding carboxylic acids is 3. The van der Waals surface area contributed by atoms with Gasteiger partial charge in [0.2, 0.25) is 5.91 Å². The van der Waals surface area contributed by atoms with Crippen LogP contribution in [0.3, 0.4) is 0 Å². The average molecular weight is 431 g/mol. The molecule has 0 aliphatic carbocycles. The maximum atomic E-state index is 12.6. The van der Waals surface area contributed by atoms with Crippen LogP contribution in [0.15, 0.2) is 9.90 Å². The fourth-order valence-corrected chi connectivity index (χ4v) is 4.43. The third-order valence-corrected chi connectivity index (χ3v) is 5.64. The molecule has 0 radical (unpaired) electrons. The first-order valence-corrected chi connectivity index (χ1v) is 9.18. The van der Waals surface area contributed by atoms with Crippen molar-refractivity contribution in [3.8, 4) is 0 Å². The lowest BCUT2D eigenvalue weighted by Crippen LogP contribution is -2.57. The van der Waals surface area contributed by atoms with Gasteiger partial charge in [-0.05, 0) is 0 Å². The van der Waals surface area contributed by atoms with E-state index in [-0.39, 0.29) is 15.8 Å². The number of halogens is 2. The Morgan fingerprint density at radius 1 is 1.38 bits per heavy atom. The van der Waals surface area contributed by atoms with Gasteiger partial charge in [-0.3, -0.25) is 19.2 Å². The minimum absolute atomic E-state index is 0.159. The summed E-state index contributed by atoms with van der Waals surface area (Å²) in [4.78, 5) is 52.3. The van der Waals surface area contributed by atoms with Gasteiger partial charge in [0.05, 0.1) is 11.8 Å². The molecule has 0 aromatic rings. The first-order valence-electron chi connectivity index (χ1n) is 6.92. The lowest BCUT2D eigenvalue weighted by atomic mass is 10.1. The average Bonchev–Trinajstić information content (AvgIpc) is 3.02. The summed E-state index contributed by atoms with van der Waals surface area (Å²) in [6, 6.07) is -1.73. The number of hydrogen-bond donors (Lipinski definition) is 1. The van der Waals surface area contributed by atoms with Gasteiger partial charge in [-0.15, -0.1) is 0 Å². The Balaban J connectivity index is 2.40. The van der Waals surface area contributed by atoms with Crippen LogP contribution in [-0.4, -0.2) is 65.0 Å². The summed E-state index contributed by atoms with van der Waals surface area (Å²) >= 11 is 10.6. The summed E-state index contributed by atoms with van der Waals surface area (Å²) in [5, 5.41) is 9.99. The molecule has 2 aliphatic heterocycles. The molecule has 11 nitrogen and oxygen atoms in total. The molecule has 26 heavy (non-hydrogen) atoms. The monoisotopic (exact) mass is 430 g/mol. The number of cyclic esters (lactones) is 1. The van der Waals surface area contributed by atoms with Gasteiger partial charge in [-0.25, -0.2) is 17.5 Å². The Hall–Kier alpha value is -1.89. The summed E-state index contributed by atoms with van der Waals surface area (Å²) in [6.45, 7) is 0.185. The fourth-order valence-electron chi connectivity index (χ4n) is 2.55. The van der Waals surface area contributed by atoms with Crippen molar-refractivity contribution < 1.29 is 42.3 Å². The zero-order valence-electron chi connectivity index (χ0n) is 13.0. The van der Waals surface area contributed by atoms with Crippen molar-refractivity contribution in [3.63, 3.8) is 0 Å². The Morgan fingerprint density at radius 3 is 2.42 bits per heavy atom. The van der Waals surface area contributed by atoms with Crippen LogP contribution in [0.1, 0.15) is 19.8 Å². The third kappa shape index (κ3) is 3.49. The van der Waals surface area contributed by atoms with Crippen molar-refractivity contribution in [1.29, 1.82) is 0 Å². The highest BCUT2D eigenvalue weighted by Gasteiger charge is 2.60. The molecule has 2 heterocycles. The lowest BCUT2D eigenvalue weighted by molar-refractivity contribution is -0.256. The zero-order chi connectivity index (χ0) is 19.9. The third-order valence-electron chi connectivity index (χ3n) is 3.57. The molecule has 144 valence electrons. The second-order valence-corrected chi connectivity index (χ2v) is 7.94. The minimum Gasteiger partial charge on any atom is -0.477 e. The predicted octanol–water partition coefficient (Wildman–Crippen LogP) is -0.299. The van der Waals surface area contributed by atoms with Gasteiger partial charge < -0.3 is 9.84 Å². The highest BCUT2D eigenvalue weighted by molar-refractivity contribution is 7.92. The molecule has 2 saturated heterocycles. The van der Waals surface area contributed by atoms with Gasteiger partial charge in [0.15, 0.2) is 6.04 Å². The van der Waals surface area contributed by atoms with Crippen LogP contribution < -0.4 is 0 Å². The van der Waals surface area contributed by atoms with E-state index in [0.717, 1.165) is 6.92 Å². The highest BCUT2D eigenvalue weighted by atomic mass is 35.5. The Morgan fingerprint density at radius 2 is 2.00 bits per heavy atom. The molecule has 0 spiro atoms. The number of rotatable bonds is 5. The van der Waals surface area contributed by atoms with E-state index >= 15 is 0 Å². The quantitative estimate of drug-likeness (QED) is 0.580. The summed E-state index contributed by atoms with van der Waals surface area (Å²) in [5.41, 5.74) is -2.44. The van der Waals surface area contributed by atoms with Crippen molar-refractivity contribution in [2.45, 2.75) is 31.5 Å². The van der Waals surface area contributed by atoms with E-state index in [1.165, 1.54) is 0 Å². The Kier molecular flexibility index (Phi) is 5.52. The molecular formula is C12H12Cl2N2O9S. The molecule has 2 rings (SSSR count). The van der Waals surface area contributed by atoms with Crippen molar-refractivity contribution in [1.82, 2.24) is 9.37 Å². The standard InChI is InChI=1S/C12H12Cl2N2O9S/c1-6(17)15(26(22,23)5-8(13)14)7-4-24-16(10(7)19)12(11(20)21)3-2-9(18)25-12/h5,7H,2-4H2,1H3,(H,20,21)/t7-,12?/m0/s1. The molecular weight excluding hydrogens is 419 g/mol. The smallest absolute Gasteiger partial charge is 0.372 e. The number of hydrogen-bond acceptors (Lipinski definition) is 8. The maximum absolute atomic E-state index is 12.6. The predicted molar refractivity (Wildman–Crippen MR) is 83.5 cm³/mol. The molecule has 2 amide bonds. The molecule has 0 bridgehead atoms. The number of carboxylic acid groups (broad SMARTS) is 1. The first-order chi connectivity index (χ1) is 11.9. The first kappa shape index (κ1) is 20.4. The number of carboxylic acids is 1. The second-order valence-electron chi connectivity index (χ2n) is 5.28. The fraction of sp³-hybridized carbons (Fsp3) is 0.500. The largest absolute Gasteiger partial charge is 0.477 e. The van der Waals surface area contributed by atoms with Crippen molar-refractivity contribution in [2.75, 3.05) is 6.61 Å². The van der Waals surface area contributed by atoms with Crippen LogP contribution in [-0.2, 0) is 38.8 Å². The van der Waals surface area contributed by atoms with Gasteiger partial charge in [-0.2, -0.15) is 5.06 Å². The lowest BCUT2D eigenvalue weighted by Gasteiger charge is -2.31. The molecule has 2 fully saturated rings. The van der Waals surface area contributed by atoms with Gasteiger partial charge in [0.25, 0.3) is 15.9 Å². The van der Waals surface area contributed by atoms with Crippen LogP contribution in [0, 0.1) is 0 Å². The molecule has 1 N–H and O–H groups in total. The van der Waals surface area contributed by atoms with Gasteiger partial charge >= 0.3 is 17.7 Å².